The maximum atomic E-state index is 15.7. The largest absolute Gasteiger partial charge is 0.360 e. The van der Waals surface area contributed by atoms with Crippen LogP contribution in [0.15, 0.2) is 48.5 Å². The van der Waals surface area contributed by atoms with Crippen molar-refractivity contribution >= 4 is 0 Å². The van der Waals surface area contributed by atoms with E-state index in [0.717, 1.165) is 0 Å². The lowest BCUT2D eigenvalue weighted by atomic mass is 9.76. The number of rotatable bonds is 2. The summed E-state index contributed by atoms with van der Waals surface area (Å²) in [5.41, 5.74) is -6.87. The average Bonchev–Trinajstić information content (AvgIpc) is 4.01. The van der Waals surface area contributed by atoms with Crippen LogP contribution in [0.4, 0.5) is 43.9 Å². The van der Waals surface area contributed by atoms with Crippen LogP contribution in [0.3, 0.4) is 0 Å². The van der Waals surface area contributed by atoms with Crippen molar-refractivity contribution in [2.24, 2.45) is 0 Å². The summed E-state index contributed by atoms with van der Waals surface area (Å²) >= 11 is 0. The Morgan fingerprint density at radius 2 is 0.500 bits per heavy atom. The normalized spacial score (nSPS) is 18.9. The van der Waals surface area contributed by atoms with Crippen LogP contribution in [0, 0.1) is 80.8 Å². The molecule has 0 saturated heterocycles. The Kier molecular flexibility index (Phi) is 11.1. The smallest absolute Gasteiger partial charge is 0.200 e. The number of hydrogen-bond acceptors (Lipinski definition) is 2. The first-order chi connectivity index (χ1) is 27.0. The number of fused-ring (bicyclic) bond motifs is 8. The molecular formula is C42H36F10N6. The molecule has 304 valence electrons. The fraction of sp³-hybridized carbons (Fsp3) is 0.286. The van der Waals surface area contributed by atoms with Crippen molar-refractivity contribution in [3.63, 3.8) is 0 Å². The van der Waals surface area contributed by atoms with Crippen molar-refractivity contribution in [2.45, 2.75) is 77.0 Å². The van der Waals surface area contributed by atoms with Gasteiger partial charge in [0.05, 0.1) is 23.0 Å². The zero-order chi connectivity index (χ0) is 43.4. The molecule has 0 amide bonds. The van der Waals surface area contributed by atoms with E-state index in [1.54, 1.807) is 64.1 Å². The van der Waals surface area contributed by atoms with E-state index in [1.807, 2.05) is 0 Å². The van der Waals surface area contributed by atoms with Crippen LogP contribution < -0.4 is 0 Å². The summed E-state index contributed by atoms with van der Waals surface area (Å²) < 4.78 is 150. The number of benzene rings is 2. The second-order valence-electron chi connectivity index (χ2n) is 15.0. The SMILES string of the molecule is CC#N.CC#N.CC1(C)c2ccc([nH]2)C(C)(c2c(F)c(F)c(F)c(F)c2F)c2ccc([nH]2)C(C)(C)c2ccc([nH]2)C(C)(c2c(F)c(F)c(F)c(F)c2F)c2ccc1[nH]2. The van der Waals surface area contributed by atoms with Crippen LogP contribution in [0.1, 0.15) is 112 Å². The standard InChI is InChI=1S/C38H30F10N4.2C2H3N/c1-35(2)15-7-11-19(49-15)37(5,23-25(39)29(43)33(47)30(44)26(23)40)21-13-9-17(51-21)36(3,4)18-10-14-22(52-18)38(6,20-12-8-16(35)50-20)24-27(41)31(45)34(48)32(46)28(24)42;2*1-2-3/h7-14,49-52H,1-6H3;2*1H3. The number of H-pyrrole nitrogens is 4. The average molecular weight is 815 g/mol. The molecule has 0 radical (unpaired) electrons. The first-order valence-corrected chi connectivity index (χ1v) is 17.5. The molecular weight excluding hydrogens is 778 g/mol. The number of aromatic amines is 4. The third-order valence-electron chi connectivity index (χ3n) is 11.0. The molecule has 5 heterocycles. The Balaban J connectivity index is 0.00000101. The fourth-order valence-corrected chi connectivity index (χ4v) is 7.41. The van der Waals surface area contributed by atoms with Gasteiger partial charge >= 0.3 is 0 Å². The number of aromatic nitrogens is 4. The van der Waals surface area contributed by atoms with Gasteiger partial charge in [-0.2, -0.15) is 10.5 Å². The Morgan fingerprint density at radius 1 is 0.345 bits per heavy atom. The van der Waals surface area contributed by atoms with Crippen LogP contribution in [-0.4, -0.2) is 19.9 Å². The minimum absolute atomic E-state index is 0.0391. The lowest BCUT2D eigenvalue weighted by Gasteiger charge is -2.32. The van der Waals surface area contributed by atoms with E-state index in [-0.39, 0.29) is 22.8 Å². The summed E-state index contributed by atoms with van der Waals surface area (Å²) in [7, 11) is 0. The van der Waals surface area contributed by atoms with Gasteiger partial charge in [-0.3, -0.25) is 0 Å². The number of halogens is 10. The first-order valence-electron chi connectivity index (χ1n) is 17.5. The van der Waals surface area contributed by atoms with Crippen LogP contribution in [0.25, 0.3) is 0 Å². The molecule has 0 unspecified atom stereocenters. The highest BCUT2D eigenvalue weighted by atomic mass is 19.2. The van der Waals surface area contributed by atoms with Gasteiger partial charge in [-0.25, -0.2) is 43.9 Å². The van der Waals surface area contributed by atoms with Gasteiger partial charge in [0.1, 0.15) is 0 Å². The van der Waals surface area contributed by atoms with E-state index >= 15 is 17.6 Å². The molecule has 4 aromatic heterocycles. The molecule has 0 atom stereocenters. The highest BCUT2D eigenvalue weighted by Crippen LogP contribution is 2.47. The summed E-state index contributed by atoms with van der Waals surface area (Å²) in [5.74, 6) is -21.1. The monoisotopic (exact) mass is 814 g/mol. The molecule has 7 rings (SSSR count). The first kappa shape index (κ1) is 43.0. The highest BCUT2D eigenvalue weighted by molar-refractivity contribution is 5.53. The Morgan fingerprint density at radius 3 is 0.690 bits per heavy atom. The number of nitriles is 2. The molecule has 0 spiro atoms. The van der Waals surface area contributed by atoms with Crippen LogP contribution in [-0.2, 0) is 21.7 Å². The summed E-state index contributed by atoms with van der Waals surface area (Å²) in [5, 5.41) is 14.6. The van der Waals surface area contributed by atoms with Crippen molar-refractivity contribution in [1.29, 1.82) is 10.5 Å². The second kappa shape index (κ2) is 15.0. The summed E-state index contributed by atoms with van der Waals surface area (Å²) in [6.45, 7) is 12.3. The van der Waals surface area contributed by atoms with E-state index in [9.17, 15) is 26.3 Å². The minimum Gasteiger partial charge on any atom is -0.360 e. The van der Waals surface area contributed by atoms with E-state index in [0.29, 0.717) is 22.8 Å². The number of nitrogens with one attached hydrogen (secondary N) is 4. The summed E-state index contributed by atoms with van der Waals surface area (Å²) in [6, 6.07) is 15.5. The summed E-state index contributed by atoms with van der Waals surface area (Å²) in [6.07, 6.45) is 0. The minimum atomic E-state index is -2.31. The van der Waals surface area contributed by atoms with Crippen molar-refractivity contribution in [3.8, 4) is 12.1 Å². The molecule has 1 aliphatic rings. The van der Waals surface area contributed by atoms with Gasteiger partial charge in [0, 0.05) is 81.4 Å². The molecule has 58 heavy (non-hydrogen) atoms. The second-order valence-corrected chi connectivity index (χ2v) is 15.0. The Labute approximate surface area is 326 Å². The van der Waals surface area contributed by atoms with Gasteiger partial charge in [-0.05, 0) is 90.1 Å². The lowest BCUT2D eigenvalue weighted by Crippen LogP contribution is -2.33. The summed E-state index contributed by atoms with van der Waals surface area (Å²) in [4.78, 5) is 12.5. The topological polar surface area (TPSA) is 111 Å². The third-order valence-corrected chi connectivity index (χ3v) is 11.0. The van der Waals surface area contributed by atoms with Crippen LogP contribution in [0.2, 0.25) is 0 Å². The molecule has 1 aliphatic heterocycles. The Bertz CT molecular complexity index is 2300. The lowest BCUT2D eigenvalue weighted by molar-refractivity contribution is 0.358. The van der Waals surface area contributed by atoms with Crippen molar-refractivity contribution < 1.29 is 43.9 Å². The predicted octanol–water partition coefficient (Wildman–Crippen LogP) is 11.1. The van der Waals surface area contributed by atoms with Crippen molar-refractivity contribution in [1.82, 2.24) is 19.9 Å². The van der Waals surface area contributed by atoms with E-state index in [4.69, 9.17) is 10.5 Å². The zero-order valence-electron chi connectivity index (χ0n) is 32.3. The van der Waals surface area contributed by atoms with Crippen LogP contribution >= 0.6 is 0 Å². The molecule has 0 saturated carbocycles. The maximum Gasteiger partial charge on any atom is 0.200 e. The number of nitrogens with zero attached hydrogens (tertiary/aromatic N) is 2. The van der Waals surface area contributed by atoms with Gasteiger partial charge in [-0.15, -0.1) is 0 Å². The predicted molar refractivity (Wildman–Crippen MR) is 194 cm³/mol. The Hall–Kier alpha value is -6.16. The van der Waals surface area contributed by atoms with Crippen molar-refractivity contribution in [3.05, 3.63) is 163 Å². The molecule has 6 aromatic rings. The maximum absolute atomic E-state index is 15.7. The zero-order valence-corrected chi connectivity index (χ0v) is 32.3. The molecule has 16 heteroatoms. The molecule has 8 bridgehead atoms. The van der Waals surface area contributed by atoms with Gasteiger partial charge < -0.3 is 19.9 Å². The van der Waals surface area contributed by atoms with Crippen molar-refractivity contribution in [2.75, 3.05) is 0 Å². The van der Waals surface area contributed by atoms with Gasteiger partial charge in [-0.1, -0.05) is 0 Å². The molecule has 4 N–H and O–H groups in total. The highest BCUT2D eigenvalue weighted by Gasteiger charge is 2.46. The molecule has 2 aromatic carbocycles. The molecule has 6 nitrogen and oxygen atoms in total. The van der Waals surface area contributed by atoms with E-state index in [2.05, 4.69) is 19.9 Å². The van der Waals surface area contributed by atoms with Gasteiger partial charge in [0.15, 0.2) is 46.5 Å². The van der Waals surface area contributed by atoms with Crippen LogP contribution in [0.5, 0.6) is 0 Å². The molecule has 0 aliphatic carbocycles. The molecule has 0 fully saturated rings. The number of hydrogen-bond donors (Lipinski definition) is 4. The van der Waals surface area contributed by atoms with E-state index in [1.165, 1.54) is 52.0 Å². The van der Waals surface area contributed by atoms with Gasteiger partial charge in [0.25, 0.3) is 0 Å². The third kappa shape index (κ3) is 6.26. The quantitative estimate of drug-likeness (QED) is 0.0793. The fourth-order valence-electron chi connectivity index (χ4n) is 7.41. The van der Waals surface area contributed by atoms with E-state index < -0.39 is 91.0 Å². The van der Waals surface area contributed by atoms with Gasteiger partial charge in [0.2, 0.25) is 11.6 Å².